The molecule has 0 aliphatic rings. The topological polar surface area (TPSA) is 70.8 Å². The van der Waals surface area contributed by atoms with Gasteiger partial charge in [-0.3, -0.25) is 4.57 Å². The van der Waals surface area contributed by atoms with Crippen molar-refractivity contribution in [1.29, 1.82) is 0 Å². The summed E-state index contributed by atoms with van der Waals surface area (Å²) in [5.41, 5.74) is 0.345. The monoisotopic (exact) mass is 243 g/mol. The van der Waals surface area contributed by atoms with Crippen LogP contribution in [0.25, 0.3) is 0 Å². The smallest absolute Gasteiger partial charge is 0.308 e. The van der Waals surface area contributed by atoms with Gasteiger partial charge in [-0.1, -0.05) is 0 Å². The molecule has 0 heterocycles. The predicted octanol–water partition coefficient (Wildman–Crippen LogP) is 1.83. The Morgan fingerprint density at radius 1 is 1.29 bits per heavy atom. The standard InChI is InChI=1S/C7H18NO4PS/c1-3-11-13(9,12-4-2)7-14-6-5-10-8/h3-8H2,1-2H3. The van der Waals surface area contributed by atoms with Gasteiger partial charge in [-0.2, -0.15) is 0 Å². The zero-order valence-corrected chi connectivity index (χ0v) is 10.3. The van der Waals surface area contributed by atoms with Gasteiger partial charge in [0, 0.05) is 5.75 Å². The molecule has 0 aliphatic carbocycles. The average molecular weight is 243 g/mol. The Morgan fingerprint density at radius 2 is 1.86 bits per heavy atom. The lowest BCUT2D eigenvalue weighted by molar-refractivity contribution is 0.155. The Labute approximate surface area is 89.1 Å². The quantitative estimate of drug-likeness (QED) is 0.378. The lowest BCUT2D eigenvalue weighted by Gasteiger charge is -2.16. The molecule has 0 rings (SSSR count). The van der Waals surface area contributed by atoms with Gasteiger partial charge in [-0.15, -0.1) is 11.8 Å². The minimum absolute atomic E-state index is 0.345. The van der Waals surface area contributed by atoms with Crippen molar-refractivity contribution in [2.24, 2.45) is 5.90 Å². The highest BCUT2D eigenvalue weighted by Crippen LogP contribution is 2.50. The van der Waals surface area contributed by atoms with E-state index in [1.165, 1.54) is 11.8 Å². The zero-order valence-electron chi connectivity index (χ0n) is 8.60. The molecular formula is C7H18NO4PS. The number of rotatable bonds is 9. The van der Waals surface area contributed by atoms with Crippen LogP contribution in [0.2, 0.25) is 0 Å². The van der Waals surface area contributed by atoms with Crippen LogP contribution in [0.4, 0.5) is 0 Å². The van der Waals surface area contributed by atoms with Crippen LogP contribution in [0.3, 0.4) is 0 Å². The van der Waals surface area contributed by atoms with Gasteiger partial charge in [0.1, 0.15) is 0 Å². The van der Waals surface area contributed by atoms with Crippen molar-refractivity contribution in [1.82, 2.24) is 0 Å². The third kappa shape index (κ3) is 6.81. The molecule has 0 aromatic heterocycles. The molecule has 0 aromatic rings. The summed E-state index contributed by atoms with van der Waals surface area (Å²) in [6.45, 7) is 4.80. The molecule has 7 heteroatoms. The number of nitrogens with two attached hydrogens (primary N) is 1. The van der Waals surface area contributed by atoms with Gasteiger partial charge in [-0.05, 0) is 13.8 Å². The van der Waals surface area contributed by atoms with Crippen molar-refractivity contribution >= 4 is 19.4 Å². The van der Waals surface area contributed by atoms with Crippen molar-refractivity contribution in [2.45, 2.75) is 13.8 Å². The maximum Gasteiger partial charge on any atom is 0.340 e. The van der Waals surface area contributed by atoms with Crippen molar-refractivity contribution in [2.75, 3.05) is 31.1 Å². The van der Waals surface area contributed by atoms with Crippen LogP contribution in [0.15, 0.2) is 0 Å². The molecule has 0 saturated heterocycles. The summed E-state index contributed by atoms with van der Waals surface area (Å²) in [7, 11) is -2.89. The molecule has 14 heavy (non-hydrogen) atoms. The summed E-state index contributed by atoms with van der Waals surface area (Å²) in [6.07, 6.45) is 0. The fraction of sp³-hybridized carbons (Fsp3) is 1.00. The first kappa shape index (κ1) is 14.4. The normalized spacial score (nSPS) is 11.9. The van der Waals surface area contributed by atoms with Gasteiger partial charge >= 0.3 is 7.60 Å². The van der Waals surface area contributed by atoms with Gasteiger partial charge in [0.15, 0.2) is 0 Å². The highest BCUT2D eigenvalue weighted by atomic mass is 32.2. The fourth-order valence-corrected chi connectivity index (χ4v) is 3.87. The van der Waals surface area contributed by atoms with Gasteiger partial charge in [0.25, 0.3) is 0 Å². The van der Waals surface area contributed by atoms with E-state index in [2.05, 4.69) is 4.84 Å². The van der Waals surface area contributed by atoms with E-state index in [-0.39, 0.29) is 0 Å². The maximum absolute atomic E-state index is 11.8. The fourth-order valence-electron chi connectivity index (χ4n) is 0.789. The SMILES string of the molecule is CCOP(=O)(CSCCON)OCC. The summed E-state index contributed by atoms with van der Waals surface area (Å²) in [5.74, 6) is 5.53. The van der Waals surface area contributed by atoms with Crippen molar-refractivity contribution in [3.8, 4) is 0 Å². The van der Waals surface area contributed by atoms with Gasteiger partial charge < -0.3 is 13.9 Å². The lowest BCUT2D eigenvalue weighted by atomic mass is 10.9. The number of hydrogen-bond donors (Lipinski definition) is 1. The highest BCUT2D eigenvalue weighted by Gasteiger charge is 2.22. The Bertz CT molecular complexity index is 171. The molecule has 0 fully saturated rings. The molecule has 0 amide bonds. The van der Waals surface area contributed by atoms with E-state index in [1.807, 2.05) is 0 Å². The molecule has 0 saturated carbocycles. The Morgan fingerprint density at radius 3 is 2.29 bits per heavy atom. The van der Waals surface area contributed by atoms with Crippen molar-refractivity contribution in [3.05, 3.63) is 0 Å². The minimum Gasteiger partial charge on any atom is -0.308 e. The second-order valence-electron chi connectivity index (χ2n) is 2.35. The summed E-state index contributed by atoms with van der Waals surface area (Å²) in [5, 5.41) is 0. The van der Waals surface area contributed by atoms with Gasteiger partial charge in [0.05, 0.1) is 25.3 Å². The summed E-state index contributed by atoms with van der Waals surface area (Å²) in [6, 6.07) is 0. The zero-order chi connectivity index (χ0) is 10.9. The Balaban J connectivity index is 3.78. The van der Waals surface area contributed by atoms with E-state index in [9.17, 15) is 4.57 Å². The lowest BCUT2D eigenvalue weighted by Crippen LogP contribution is -2.04. The van der Waals surface area contributed by atoms with Crippen LogP contribution in [0.1, 0.15) is 13.8 Å². The van der Waals surface area contributed by atoms with E-state index >= 15 is 0 Å². The molecular weight excluding hydrogens is 225 g/mol. The van der Waals surface area contributed by atoms with Crippen LogP contribution < -0.4 is 5.90 Å². The molecule has 5 nitrogen and oxygen atoms in total. The largest absolute Gasteiger partial charge is 0.340 e. The van der Waals surface area contributed by atoms with Crippen LogP contribution in [-0.4, -0.2) is 31.1 Å². The molecule has 0 unspecified atom stereocenters. The number of hydrogen-bond acceptors (Lipinski definition) is 6. The first-order valence-corrected chi connectivity index (χ1v) is 7.34. The van der Waals surface area contributed by atoms with E-state index in [1.54, 1.807) is 13.8 Å². The average Bonchev–Trinajstić information content (AvgIpc) is 2.13. The molecule has 0 aromatic carbocycles. The molecule has 0 radical (unpaired) electrons. The van der Waals surface area contributed by atoms with Crippen LogP contribution in [0.5, 0.6) is 0 Å². The van der Waals surface area contributed by atoms with Crippen LogP contribution >= 0.6 is 19.4 Å². The second-order valence-corrected chi connectivity index (χ2v) is 5.94. The summed E-state index contributed by atoms with van der Waals surface area (Å²) < 4.78 is 22.0. The molecule has 2 N–H and O–H groups in total. The predicted molar refractivity (Wildman–Crippen MR) is 58.3 cm³/mol. The van der Waals surface area contributed by atoms with E-state index in [0.29, 0.717) is 31.1 Å². The second kappa shape index (κ2) is 8.71. The highest BCUT2D eigenvalue weighted by molar-refractivity contribution is 8.04. The van der Waals surface area contributed by atoms with Gasteiger partial charge in [-0.25, -0.2) is 5.90 Å². The summed E-state index contributed by atoms with van der Waals surface area (Å²) >= 11 is 1.45. The molecule has 0 atom stereocenters. The number of thioether (sulfide) groups is 1. The molecule has 0 aliphatic heterocycles. The third-order valence-corrected chi connectivity index (χ3v) is 5.00. The van der Waals surface area contributed by atoms with Gasteiger partial charge in [0.2, 0.25) is 0 Å². The third-order valence-electron chi connectivity index (χ3n) is 1.25. The maximum atomic E-state index is 11.8. The van der Waals surface area contributed by atoms with Crippen molar-refractivity contribution < 1.29 is 18.5 Å². The Kier molecular flexibility index (Phi) is 8.97. The summed E-state index contributed by atoms with van der Waals surface area (Å²) in [4.78, 5) is 4.38. The van der Waals surface area contributed by atoms with E-state index in [0.717, 1.165) is 0 Å². The minimum atomic E-state index is -2.89. The first-order chi connectivity index (χ1) is 6.68. The van der Waals surface area contributed by atoms with Crippen LogP contribution in [0, 0.1) is 0 Å². The first-order valence-electron chi connectivity index (χ1n) is 4.46. The van der Waals surface area contributed by atoms with E-state index in [4.69, 9.17) is 14.9 Å². The van der Waals surface area contributed by atoms with Crippen molar-refractivity contribution in [3.63, 3.8) is 0 Å². The molecule has 0 bridgehead atoms. The van der Waals surface area contributed by atoms with Crippen LogP contribution in [-0.2, 0) is 18.5 Å². The Hall–Kier alpha value is 0.420. The van der Waals surface area contributed by atoms with E-state index < -0.39 is 7.60 Å². The molecule has 0 spiro atoms. The molecule has 86 valence electrons.